The second-order valence-electron chi connectivity index (χ2n) is 6.14. The van der Waals surface area contributed by atoms with E-state index < -0.39 is 18.8 Å². The van der Waals surface area contributed by atoms with Crippen molar-refractivity contribution in [3.05, 3.63) is 35.4 Å². The Hall–Kier alpha value is -1.64. The third-order valence-corrected chi connectivity index (χ3v) is 4.10. The molecule has 0 amide bonds. The lowest BCUT2D eigenvalue weighted by Gasteiger charge is -2.34. The maximum absolute atomic E-state index is 12.0. The highest BCUT2D eigenvalue weighted by molar-refractivity contribution is 5.87. The first-order chi connectivity index (χ1) is 11.8. The molecule has 0 bridgehead atoms. The molecule has 2 rings (SSSR count). The maximum Gasteiger partial charge on any atom is 0.411 e. The fourth-order valence-corrected chi connectivity index (χ4v) is 2.76. The Kier molecular flexibility index (Phi) is 7.22. The van der Waals surface area contributed by atoms with Crippen molar-refractivity contribution in [1.29, 1.82) is 0 Å². The minimum atomic E-state index is -4.26. The number of piperazine rings is 1. The van der Waals surface area contributed by atoms with Crippen LogP contribution in [0, 0.1) is 0 Å². The molecule has 0 unspecified atom stereocenters. The molecular weight excluding hydrogens is 337 g/mol. The molecule has 1 aromatic rings. The predicted octanol–water partition coefficient (Wildman–Crippen LogP) is 2.47. The number of hydrogen-bond acceptors (Lipinski definition) is 4. The fraction of sp³-hybridized carbons (Fsp3) is 0.588. The van der Waals surface area contributed by atoms with Crippen molar-refractivity contribution in [3.8, 4) is 0 Å². The SMILES string of the molecule is O=C(O)c1ccc(CN2CCN(CCCOCC(F)(F)F)CC2)cc1. The van der Waals surface area contributed by atoms with Gasteiger partial charge in [-0.05, 0) is 24.1 Å². The first kappa shape index (κ1) is 19.7. The zero-order valence-electron chi connectivity index (χ0n) is 14.0. The van der Waals surface area contributed by atoms with Crippen LogP contribution in [0.2, 0.25) is 0 Å². The van der Waals surface area contributed by atoms with Gasteiger partial charge in [-0.3, -0.25) is 4.90 Å². The average Bonchev–Trinajstić information content (AvgIpc) is 2.55. The predicted molar refractivity (Wildman–Crippen MR) is 86.6 cm³/mol. The van der Waals surface area contributed by atoms with Gasteiger partial charge in [-0.25, -0.2) is 4.79 Å². The molecule has 0 aliphatic carbocycles. The molecule has 0 radical (unpaired) electrons. The van der Waals surface area contributed by atoms with E-state index in [1.807, 2.05) is 12.1 Å². The number of benzene rings is 1. The normalized spacial score (nSPS) is 16.9. The van der Waals surface area contributed by atoms with Crippen LogP contribution in [0.1, 0.15) is 22.3 Å². The first-order valence-corrected chi connectivity index (χ1v) is 8.25. The van der Waals surface area contributed by atoms with E-state index in [1.165, 1.54) is 0 Å². The number of aromatic carboxylic acids is 1. The summed E-state index contributed by atoms with van der Waals surface area (Å²) in [7, 11) is 0. The second kappa shape index (κ2) is 9.17. The summed E-state index contributed by atoms with van der Waals surface area (Å²) in [6.45, 7) is 3.94. The van der Waals surface area contributed by atoms with E-state index in [0.29, 0.717) is 6.42 Å². The summed E-state index contributed by atoms with van der Waals surface area (Å²) in [6.07, 6.45) is -3.67. The lowest BCUT2D eigenvalue weighted by molar-refractivity contribution is -0.174. The molecule has 140 valence electrons. The van der Waals surface area contributed by atoms with Crippen LogP contribution in [0.3, 0.4) is 0 Å². The molecule has 1 saturated heterocycles. The van der Waals surface area contributed by atoms with Gasteiger partial charge in [0.05, 0.1) is 5.56 Å². The average molecular weight is 360 g/mol. The third-order valence-electron chi connectivity index (χ3n) is 4.10. The highest BCUT2D eigenvalue weighted by Gasteiger charge is 2.27. The molecule has 25 heavy (non-hydrogen) atoms. The minimum Gasteiger partial charge on any atom is -0.478 e. The fourth-order valence-electron chi connectivity index (χ4n) is 2.76. The van der Waals surface area contributed by atoms with Gasteiger partial charge in [0.1, 0.15) is 6.61 Å². The lowest BCUT2D eigenvalue weighted by Crippen LogP contribution is -2.46. The van der Waals surface area contributed by atoms with Crippen molar-refractivity contribution in [2.24, 2.45) is 0 Å². The van der Waals surface area contributed by atoms with Crippen LogP contribution in [0.25, 0.3) is 0 Å². The monoisotopic (exact) mass is 360 g/mol. The van der Waals surface area contributed by atoms with E-state index in [-0.39, 0.29) is 12.2 Å². The Morgan fingerprint density at radius 2 is 1.68 bits per heavy atom. The molecule has 0 aromatic heterocycles. The highest BCUT2D eigenvalue weighted by Crippen LogP contribution is 2.14. The van der Waals surface area contributed by atoms with E-state index in [0.717, 1.165) is 44.8 Å². The Balaban J connectivity index is 1.62. The van der Waals surface area contributed by atoms with Gasteiger partial charge in [-0.2, -0.15) is 13.2 Å². The number of nitrogens with zero attached hydrogens (tertiary/aromatic N) is 2. The number of halogens is 3. The Labute approximate surface area is 145 Å². The first-order valence-electron chi connectivity index (χ1n) is 8.25. The van der Waals surface area contributed by atoms with Crippen LogP contribution in [0.15, 0.2) is 24.3 Å². The van der Waals surface area contributed by atoms with Crippen molar-refractivity contribution < 1.29 is 27.8 Å². The van der Waals surface area contributed by atoms with Gasteiger partial charge in [-0.1, -0.05) is 12.1 Å². The Morgan fingerprint density at radius 1 is 1.08 bits per heavy atom. The summed E-state index contributed by atoms with van der Waals surface area (Å²) in [5, 5.41) is 8.89. The Morgan fingerprint density at radius 3 is 2.24 bits per heavy atom. The molecule has 1 aliphatic rings. The van der Waals surface area contributed by atoms with Crippen LogP contribution in [-0.4, -0.2) is 73.0 Å². The topological polar surface area (TPSA) is 53.0 Å². The summed E-state index contributed by atoms with van der Waals surface area (Å²) < 4.78 is 40.5. The molecule has 8 heteroatoms. The third kappa shape index (κ3) is 7.41. The van der Waals surface area contributed by atoms with Crippen LogP contribution in [0.4, 0.5) is 13.2 Å². The van der Waals surface area contributed by atoms with Crippen molar-refractivity contribution in [1.82, 2.24) is 9.80 Å². The van der Waals surface area contributed by atoms with Crippen LogP contribution < -0.4 is 0 Å². The van der Waals surface area contributed by atoms with E-state index in [1.54, 1.807) is 12.1 Å². The molecular formula is C17H23F3N2O3. The van der Waals surface area contributed by atoms with E-state index >= 15 is 0 Å². The zero-order chi connectivity index (χ0) is 18.3. The number of rotatable bonds is 8. The molecule has 5 nitrogen and oxygen atoms in total. The van der Waals surface area contributed by atoms with Crippen molar-refractivity contribution in [2.75, 3.05) is 45.9 Å². The van der Waals surface area contributed by atoms with Gasteiger partial charge < -0.3 is 14.7 Å². The van der Waals surface area contributed by atoms with Crippen LogP contribution >= 0.6 is 0 Å². The summed E-state index contributed by atoms with van der Waals surface area (Å²) in [5.41, 5.74) is 1.35. The minimum absolute atomic E-state index is 0.121. The molecule has 1 aliphatic heterocycles. The second-order valence-corrected chi connectivity index (χ2v) is 6.14. The van der Waals surface area contributed by atoms with Crippen molar-refractivity contribution >= 4 is 5.97 Å². The van der Waals surface area contributed by atoms with Crippen molar-refractivity contribution in [3.63, 3.8) is 0 Å². The molecule has 0 spiro atoms. The van der Waals surface area contributed by atoms with E-state index in [2.05, 4.69) is 14.5 Å². The number of hydrogen-bond donors (Lipinski definition) is 1. The van der Waals surface area contributed by atoms with Crippen molar-refractivity contribution in [2.45, 2.75) is 19.1 Å². The summed E-state index contributed by atoms with van der Waals surface area (Å²) in [6, 6.07) is 6.87. The number of carbonyl (C=O) groups is 1. The van der Waals surface area contributed by atoms with Crippen LogP contribution in [0.5, 0.6) is 0 Å². The Bertz CT molecular complexity index is 541. The number of alkyl halides is 3. The molecule has 1 aromatic carbocycles. The van der Waals surface area contributed by atoms with Gasteiger partial charge in [0.25, 0.3) is 0 Å². The van der Waals surface area contributed by atoms with Gasteiger partial charge >= 0.3 is 12.1 Å². The summed E-state index contributed by atoms with van der Waals surface area (Å²) in [4.78, 5) is 15.3. The van der Waals surface area contributed by atoms with E-state index in [4.69, 9.17) is 5.11 Å². The largest absolute Gasteiger partial charge is 0.478 e. The van der Waals surface area contributed by atoms with Gasteiger partial charge in [0, 0.05) is 45.9 Å². The molecule has 0 atom stereocenters. The quantitative estimate of drug-likeness (QED) is 0.722. The maximum atomic E-state index is 12.0. The molecule has 1 heterocycles. The number of carboxylic acid groups (broad SMARTS) is 1. The number of carboxylic acids is 1. The number of ether oxygens (including phenoxy) is 1. The standard InChI is InChI=1S/C17H23F3N2O3/c18-17(19,20)13-25-11-1-6-21-7-9-22(10-8-21)12-14-2-4-15(5-3-14)16(23)24/h2-5H,1,6-13H2,(H,23,24). The molecule has 1 N–H and O–H groups in total. The lowest BCUT2D eigenvalue weighted by atomic mass is 10.1. The zero-order valence-corrected chi connectivity index (χ0v) is 14.0. The van der Waals surface area contributed by atoms with Gasteiger partial charge in [-0.15, -0.1) is 0 Å². The molecule has 1 fully saturated rings. The van der Waals surface area contributed by atoms with Gasteiger partial charge in [0.15, 0.2) is 0 Å². The molecule has 0 saturated carbocycles. The summed E-state index contributed by atoms with van der Waals surface area (Å²) in [5.74, 6) is -0.931. The smallest absolute Gasteiger partial charge is 0.411 e. The van der Waals surface area contributed by atoms with E-state index in [9.17, 15) is 18.0 Å². The highest BCUT2D eigenvalue weighted by atomic mass is 19.4. The van der Waals surface area contributed by atoms with Gasteiger partial charge in [0.2, 0.25) is 0 Å². The van der Waals surface area contributed by atoms with Crippen LogP contribution in [-0.2, 0) is 11.3 Å². The summed E-state index contributed by atoms with van der Waals surface area (Å²) >= 11 is 0.